The maximum absolute atomic E-state index is 13.6. The summed E-state index contributed by atoms with van der Waals surface area (Å²) in [6.45, 7) is 0.995. The van der Waals surface area contributed by atoms with Crippen molar-refractivity contribution in [2.45, 2.75) is 31.3 Å². The van der Waals surface area contributed by atoms with Gasteiger partial charge in [-0.15, -0.1) is 11.3 Å². The molecule has 0 spiro atoms. The first kappa shape index (κ1) is 23.7. The standard InChI is InChI=1S/C27H27ClN2O4S/c1-33-22-4-2-3-18(15-22)27(32)30(20-7-8-20)16-26(31)29-13-11-25-23(12-14-35-25)24(29)17-34-21-9-5-19(28)6-10-21/h2-6,9-10,12,14-15,20,24H,7-8,11,13,16-17H2,1H3/t24-/m1/s1. The second kappa shape index (κ2) is 10.3. The van der Waals surface area contributed by atoms with Gasteiger partial charge in [-0.1, -0.05) is 17.7 Å². The summed E-state index contributed by atoms with van der Waals surface area (Å²) in [6, 6.07) is 16.3. The molecule has 35 heavy (non-hydrogen) atoms. The van der Waals surface area contributed by atoms with E-state index in [1.165, 1.54) is 4.88 Å². The molecule has 0 saturated heterocycles. The van der Waals surface area contributed by atoms with Crippen molar-refractivity contribution in [1.82, 2.24) is 9.80 Å². The molecule has 182 valence electrons. The van der Waals surface area contributed by atoms with E-state index in [9.17, 15) is 9.59 Å². The van der Waals surface area contributed by atoms with Gasteiger partial charge in [0.05, 0.1) is 13.2 Å². The zero-order valence-electron chi connectivity index (χ0n) is 19.5. The van der Waals surface area contributed by atoms with Crippen LogP contribution in [0.1, 0.15) is 39.7 Å². The third-order valence-corrected chi connectivity index (χ3v) is 7.76. The van der Waals surface area contributed by atoms with Crippen LogP contribution in [0.25, 0.3) is 0 Å². The highest BCUT2D eigenvalue weighted by atomic mass is 35.5. The van der Waals surface area contributed by atoms with Gasteiger partial charge in [-0.05, 0) is 78.7 Å². The van der Waals surface area contributed by atoms with Crippen LogP contribution in [0.4, 0.5) is 0 Å². The fraction of sp³-hybridized carbons (Fsp3) is 0.333. The number of carbonyl (C=O) groups is 2. The van der Waals surface area contributed by atoms with Gasteiger partial charge in [0.1, 0.15) is 24.7 Å². The van der Waals surface area contributed by atoms with Crippen LogP contribution >= 0.6 is 22.9 Å². The summed E-state index contributed by atoms with van der Waals surface area (Å²) in [5, 5.41) is 2.71. The van der Waals surface area contributed by atoms with E-state index in [-0.39, 0.29) is 30.4 Å². The molecule has 1 aliphatic heterocycles. The molecular weight excluding hydrogens is 484 g/mol. The predicted molar refractivity (Wildman–Crippen MR) is 136 cm³/mol. The van der Waals surface area contributed by atoms with E-state index in [1.807, 2.05) is 17.0 Å². The minimum Gasteiger partial charge on any atom is -0.497 e. The third kappa shape index (κ3) is 5.31. The first-order valence-electron chi connectivity index (χ1n) is 11.7. The summed E-state index contributed by atoms with van der Waals surface area (Å²) in [5.41, 5.74) is 1.66. The lowest BCUT2D eigenvalue weighted by Crippen LogP contribution is -2.48. The van der Waals surface area contributed by atoms with Crippen LogP contribution in [0, 0.1) is 0 Å². The Morgan fingerprint density at radius 3 is 2.66 bits per heavy atom. The average Bonchev–Trinajstić information content (AvgIpc) is 3.61. The van der Waals surface area contributed by atoms with Crippen LogP contribution in [0.5, 0.6) is 11.5 Å². The van der Waals surface area contributed by atoms with Crippen LogP contribution in [-0.4, -0.2) is 54.5 Å². The molecule has 1 atom stereocenters. The Kier molecular flexibility index (Phi) is 6.97. The van der Waals surface area contributed by atoms with Crippen LogP contribution in [0.2, 0.25) is 5.02 Å². The highest BCUT2D eigenvalue weighted by molar-refractivity contribution is 7.10. The first-order valence-corrected chi connectivity index (χ1v) is 13.0. The first-order chi connectivity index (χ1) is 17.0. The third-order valence-electron chi connectivity index (χ3n) is 6.51. The number of benzene rings is 2. The van der Waals surface area contributed by atoms with Crippen molar-refractivity contribution >= 4 is 34.8 Å². The summed E-state index contributed by atoms with van der Waals surface area (Å²) in [6.07, 6.45) is 2.64. The largest absolute Gasteiger partial charge is 0.497 e. The molecule has 2 heterocycles. The van der Waals surface area contributed by atoms with Crippen molar-refractivity contribution in [2.24, 2.45) is 0 Å². The molecule has 0 unspecified atom stereocenters. The number of rotatable bonds is 8. The highest BCUT2D eigenvalue weighted by Gasteiger charge is 2.38. The Balaban J connectivity index is 1.34. The van der Waals surface area contributed by atoms with Crippen LogP contribution in [0.3, 0.4) is 0 Å². The molecule has 2 aromatic carbocycles. The van der Waals surface area contributed by atoms with Gasteiger partial charge in [-0.3, -0.25) is 9.59 Å². The Hall–Kier alpha value is -3.03. The van der Waals surface area contributed by atoms with E-state index >= 15 is 0 Å². The number of amides is 2. The van der Waals surface area contributed by atoms with Crippen molar-refractivity contribution in [1.29, 1.82) is 0 Å². The molecule has 0 bridgehead atoms. The number of hydrogen-bond donors (Lipinski definition) is 0. The van der Waals surface area contributed by atoms with E-state index in [1.54, 1.807) is 59.7 Å². The Morgan fingerprint density at radius 2 is 1.91 bits per heavy atom. The molecule has 6 nitrogen and oxygen atoms in total. The molecule has 1 aliphatic carbocycles. The summed E-state index contributed by atoms with van der Waals surface area (Å²) in [4.78, 5) is 31.9. The molecule has 0 radical (unpaired) electrons. The van der Waals surface area contributed by atoms with Crippen LogP contribution in [-0.2, 0) is 11.2 Å². The molecule has 2 aliphatic rings. The fourth-order valence-electron chi connectivity index (χ4n) is 4.49. The predicted octanol–water partition coefficient (Wildman–Crippen LogP) is 5.22. The van der Waals surface area contributed by atoms with Crippen molar-refractivity contribution in [3.63, 3.8) is 0 Å². The molecular formula is C27H27ClN2O4S. The van der Waals surface area contributed by atoms with Crippen LogP contribution < -0.4 is 9.47 Å². The second-order valence-electron chi connectivity index (χ2n) is 8.81. The van der Waals surface area contributed by atoms with Crippen molar-refractivity contribution in [2.75, 3.05) is 26.8 Å². The summed E-state index contributed by atoms with van der Waals surface area (Å²) >= 11 is 7.71. The van der Waals surface area contributed by atoms with Crippen molar-refractivity contribution in [3.8, 4) is 11.5 Å². The van der Waals surface area contributed by atoms with E-state index in [0.717, 1.165) is 24.8 Å². The van der Waals surface area contributed by atoms with E-state index < -0.39 is 0 Å². The number of fused-ring (bicyclic) bond motifs is 1. The second-order valence-corrected chi connectivity index (χ2v) is 10.3. The van der Waals surface area contributed by atoms with E-state index in [2.05, 4.69) is 11.4 Å². The van der Waals surface area contributed by atoms with Gasteiger partial charge in [0, 0.05) is 28.0 Å². The van der Waals surface area contributed by atoms with Gasteiger partial charge in [-0.25, -0.2) is 0 Å². The number of ether oxygens (including phenoxy) is 2. The van der Waals surface area contributed by atoms with Gasteiger partial charge < -0.3 is 19.3 Å². The number of methoxy groups -OCH3 is 1. The maximum Gasteiger partial charge on any atom is 0.254 e. The SMILES string of the molecule is COc1cccc(C(=O)N(CC(=O)N2CCc3sccc3[C@H]2COc2ccc(Cl)cc2)C2CC2)c1. The van der Waals surface area contributed by atoms with Gasteiger partial charge in [0.25, 0.3) is 5.91 Å². The fourth-order valence-corrected chi connectivity index (χ4v) is 5.55. The van der Waals surface area contributed by atoms with Crippen LogP contribution in [0.15, 0.2) is 60.0 Å². The van der Waals surface area contributed by atoms with E-state index in [0.29, 0.717) is 35.2 Å². The molecule has 1 aromatic heterocycles. The number of carbonyl (C=O) groups excluding carboxylic acids is 2. The van der Waals surface area contributed by atoms with Gasteiger partial charge in [0.2, 0.25) is 5.91 Å². The lowest BCUT2D eigenvalue weighted by atomic mass is 10.0. The number of thiophene rings is 1. The van der Waals surface area contributed by atoms with E-state index in [4.69, 9.17) is 21.1 Å². The highest BCUT2D eigenvalue weighted by Crippen LogP contribution is 2.35. The number of hydrogen-bond acceptors (Lipinski definition) is 5. The topological polar surface area (TPSA) is 59.1 Å². The minimum atomic E-state index is -0.207. The Labute approximate surface area is 214 Å². The Bertz CT molecular complexity index is 1210. The molecule has 2 amide bonds. The lowest BCUT2D eigenvalue weighted by Gasteiger charge is -2.37. The van der Waals surface area contributed by atoms with Crippen molar-refractivity contribution < 1.29 is 19.1 Å². The Morgan fingerprint density at radius 1 is 1.11 bits per heavy atom. The van der Waals surface area contributed by atoms with Gasteiger partial charge >= 0.3 is 0 Å². The zero-order chi connectivity index (χ0) is 24.4. The molecule has 5 rings (SSSR count). The van der Waals surface area contributed by atoms with Gasteiger partial charge in [0.15, 0.2) is 0 Å². The quantitative estimate of drug-likeness (QED) is 0.417. The number of halogens is 1. The smallest absolute Gasteiger partial charge is 0.254 e. The molecule has 1 fully saturated rings. The number of nitrogens with zero attached hydrogens (tertiary/aromatic N) is 2. The molecule has 3 aromatic rings. The normalized spacial score (nSPS) is 17.0. The van der Waals surface area contributed by atoms with Crippen molar-refractivity contribution in [3.05, 3.63) is 81.0 Å². The molecule has 8 heteroatoms. The lowest BCUT2D eigenvalue weighted by molar-refractivity contribution is -0.135. The van der Waals surface area contributed by atoms with Gasteiger partial charge in [-0.2, -0.15) is 0 Å². The summed E-state index contributed by atoms with van der Waals surface area (Å²) in [5.74, 6) is 1.13. The summed E-state index contributed by atoms with van der Waals surface area (Å²) < 4.78 is 11.4. The minimum absolute atomic E-state index is 0.0532. The average molecular weight is 511 g/mol. The molecule has 0 N–H and O–H groups in total. The summed E-state index contributed by atoms with van der Waals surface area (Å²) in [7, 11) is 1.58. The monoisotopic (exact) mass is 510 g/mol. The molecule has 1 saturated carbocycles. The maximum atomic E-state index is 13.6. The zero-order valence-corrected chi connectivity index (χ0v) is 21.1.